The van der Waals surface area contributed by atoms with Gasteiger partial charge in [0.1, 0.15) is 10.3 Å². The van der Waals surface area contributed by atoms with Crippen LogP contribution in [0.4, 0.5) is 8.78 Å². The first kappa shape index (κ1) is 19.8. The number of aromatic nitrogens is 3. The molecule has 0 radical (unpaired) electrons. The van der Waals surface area contributed by atoms with Crippen LogP contribution in [0.25, 0.3) is 21.8 Å². The van der Waals surface area contributed by atoms with Crippen LogP contribution in [0, 0.1) is 11.6 Å². The van der Waals surface area contributed by atoms with Crippen molar-refractivity contribution in [2.45, 2.75) is 12.6 Å². The van der Waals surface area contributed by atoms with Gasteiger partial charge in [-0.25, -0.2) is 13.8 Å². The van der Waals surface area contributed by atoms with E-state index in [1.54, 1.807) is 25.2 Å². The summed E-state index contributed by atoms with van der Waals surface area (Å²) in [5.74, 6) is -2.51. The van der Waals surface area contributed by atoms with E-state index in [9.17, 15) is 18.4 Å². The summed E-state index contributed by atoms with van der Waals surface area (Å²) in [6, 6.07) is 6.46. The molecule has 0 saturated carbocycles. The van der Waals surface area contributed by atoms with Crippen molar-refractivity contribution in [2.75, 3.05) is 13.7 Å². The van der Waals surface area contributed by atoms with Crippen LogP contribution in [-0.2, 0) is 11.3 Å². The maximum absolute atomic E-state index is 14.0. The Bertz CT molecular complexity index is 1430. The smallest absolute Gasteiger partial charge is 0.270 e. The molecule has 1 atom stereocenters. The van der Waals surface area contributed by atoms with E-state index in [0.717, 1.165) is 12.1 Å². The predicted molar refractivity (Wildman–Crippen MR) is 113 cm³/mol. The highest BCUT2D eigenvalue weighted by atomic mass is 79.9. The highest BCUT2D eigenvalue weighted by Gasteiger charge is 2.32. The van der Waals surface area contributed by atoms with Gasteiger partial charge in [-0.2, -0.15) is 0 Å². The van der Waals surface area contributed by atoms with Crippen LogP contribution in [0.2, 0.25) is 0 Å². The van der Waals surface area contributed by atoms with Gasteiger partial charge >= 0.3 is 0 Å². The Hall–Kier alpha value is -3.11. The molecule has 1 amide bonds. The van der Waals surface area contributed by atoms with E-state index in [4.69, 9.17) is 4.74 Å². The number of nitrogens with zero attached hydrogens (tertiary/aromatic N) is 2. The molecule has 0 bridgehead atoms. The first-order valence-electron chi connectivity index (χ1n) is 9.37. The number of rotatable bonds is 2. The van der Waals surface area contributed by atoms with E-state index in [2.05, 4.69) is 30.9 Å². The van der Waals surface area contributed by atoms with Crippen molar-refractivity contribution in [3.8, 4) is 0 Å². The number of aromatic amines is 2. The van der Waals surface area contributed by atoms with Crippen molar-refractivity contribution in [2.24, 2.45) is 0 Å². The fourth-order valence-electron chi connectivity index (χ4n) is 3.98. The zero-order valence-corrected chi connectivity index (χ0v) is 17.7. The Kier molecular flexibility index (Phi) is 4.63. The number of ether oxygens (including phenoxy) is 1. The Morgan fingerprint density at radius 3 is 2.71 bits per heavy atom. The lowest BCUT2D eigenvalue weighted by molar-refractivity contribution is 0.0333. The Morgan fingerprint density at radius 2 is 1.94 bits per heavy atom. The molecule has 1 unspecified atom stereocenters. The molecule has 31 heavy (non-hydrogen) atoms. The monoisotopic (exact) mass is 488 g/mol. The van der Waals surface area contributed by atoms with Crippen LogP contribution < -0.4 is 5.56 Å². The number of hydrogen-bond donors (Lipinski definition) is 2. The van der Waals surface area contributed by atoms with E-state index < -0.39 is 23.2 Å². The molecule has 3 aromatic heterocycles. The molecule has 4 heterocycles. The molecule has 0 saturated heterocycles. The molecule has 0 aliphatic carbocycles. The number of likely N-dealkylation sites (N-methyl/N-ethyl adjacent to an activating group) is 1. The summed E-state index contributed by atoms with van der Waals surface area (Å²) in [6.45, 7) is 0.238. The first-order chi connectivity index (χ1) is 14.8. The van der Waals surface area contributed by atoms with Crippen LogP contribution in [0.1, 0.15) is 27.8 Å². The second-order valence-electron chi connectivity index (χ2n) is 7.36. The number of carbonyl (C=O) groups excluding carboxylic acids is 1. The van der Waals surface area contributed by atoms with Crippen LogP contribution in [0.15, 0.2) is 39.7 Å². The van der Waals surface area contributed by atoms with Gasteiger partial charge in [0.05, 0.1) is 35.7 Å². The molecular weight excluding hydrogens is 474 g/mol. The highest BCUT2D eigenvalue weighted by molar-refractivity contribution is 9.10. The van der Waals surface area contributed by atoms with Crippen LogP contribution in [-0.4, -0.2) is 39.4 Å². The van der Waals surface area contributed by atoms with Gasteiger partial charge in [-0.15, -0.1) is 0 Å². The minimum atomic E-state index is -1.11. The minimum Gasteiger partial charge on any atom is -0.373 e. The van der Waals surface area contributed by atoms with E-state index in [0.29, 0.717) is 32.6 Å². The first-order valence-corrected chi connectivity index (χ1v) is 10.2. The largest absolute Gasteiger partial charge is 0.373 e. The maximum Gasteiger partial charge on any atom is 0.270 e. The normalized spacial score (nSPS) is 15.9. The lowest BCUT2D eigenvalue weighted by Crippen LogP contribution is -2.37. The molecule has 1 aromatic carbocycles. The fraction of sp³-hybridized carbons (Fsp3) is 0.190. The van der Waals surface area contributed by atoms with Gasteiger partial charge in [0.15, 0.2) is 11.6 Å². The van der Waals surface area contributed by atoms with Gasteiger partial charge < -0.3 is 19.6 Å². The number of carbonyl (C=O) groups is 1. The molecular formula is C21H15BrF2N4O3. The summed E-state index contributed by atoms with van der Waals surface area (Å²) in [7, 11) is 1.59. The quantitative estimate of drug-likeness (QED) is 0.420. The van der Waals surface area contributed by atoms with Gasteiger partial charge in [-0.1, -0.05) is 0 Å². The summed E-state index contributed by atoms with van der Waals surface area (Å²) in [5, 5.41) is 0.276. The molecule has 0 spiro atoms. The number of nitrogens with one attached hydrogen (secondary N) is 2. The number of halogens is 3. The minimum absolute atomic E-state index is 0.0186. The van der Waals surface area contributed by atoms with Crippen molar-refractivity contribution in [3.63, 3.8) is 0 Å². The third-order valence-corrected chi connectivity index (χ3v) is 5.94. The molecule has 1 aliphatic heterocycles. The molecule has 1 aliphatic rings. The van der Waals surface area contributed by atoms with Gasteiger partial charge in [-0.05, 0) is 51.6 Å². The number of fused-ring (bicyclic) bond motifs is 4. The van der Waals surface area contributed by atoms with Crippen molar-refractivity contribution >= 4 is 43.6 Å². The maximum atomic E-state index is 14.0. The fourth-order valence-corrected chi connectivity index (χ4v) is 4.30. The third kappa shape index (κ3) is 3.22. The van der Waals surface area contributed by atoms with Gasteiger partial charge in [-0.3, -0.25) is 9.59 Å². The number of pyridine rings is 2. The van der Waals surface area contributed by atoms with Crippen molar-refractivity contribution in [3.05, 3.63) is 73.9 Å². The molecule has 4 aromatic rings. The summed E-state index contributed by atoms with van der Waals surface area (Å²) in [4.78, 5) is 37.1. The molecule has 10 heteroatoms. The average molecular weight is 489 g/mol. The zero-order valence-electron chi connectivity index (χ0n) is 16.1. The summed E-state index contributed by atoms with van der Waals surface area (Å²) >= 11 is 3.30. The van der Waals surface area contributed by atoms with Crippen molar-refractivity contribution in [1.82, 2.24) is 19.9 Å². The van der Waals surface area contributed by atoms with Crippen LogP contribution >= 0.6 is 15.9 Å². The Morgan fingerprint density at radius 1 is 1.19 bits per heavy atom. The molecule has 158 valence electrons. The number of H-pyrrole nitrogens is 2. The van der Waals surface area contributed by atoms with Crippen LogP contribution in [0.5, 0.6) is 0 Å². The van der Waals surface area contributed by atoms with E-state index in [1.807, 2.05) is 0 Å². The molecule has 7 nitrogen and oxygen atoms in total. The Labute approximate surface area is 182 Å². The van der Waals surface area contributed by atoms with Gasteiger partial charge in [0.25, 0.3) is 11.5 Å². The molecule has 0 fully saturated rings. The standard InChI is InChI=1S/C21H15BrF2N4O3/c1-28(21(30)15-6-14-13(25-15)2-3-18(22)26-14)17-8-31-7-16-19(17)9-4-11(23)12(24)5-10(9)20(29)27-16/h2-6,17,25H,7-8H2,1H3,(H,27,29). The van der Waals surface area contributed by atoms with E-state index in [-0.39, 0.29) is 29.9 Å². The number of hydrogen-bond acceptors (Lipinski definition) is 4. The molecule has 5 rings (SSSR count). The van der Waals surface area contributed by atoms with Crippen molar-refractivity contribution < 1.29 is 18.3 Å². The molecule has 2 N–H and O–H groups in total. The lowest BCUT2D eigenvalue weighted by Gasteiger charge is -2.33. The van der Waals surface area contributed by atoms with Gasteiger partial charge in [0.2, 0.25) is 0 Å². The second kappa shape index (κ2) is 7.24. The van der Waals surface area contributed by atoms with Gasteiger partial charge in [0, 0.05) is 18.3 Å². The number of amides is 1. The lowest BCUT2D eigenvalue weighted by atomic mass is 9.95. The van der Waals surface area contributed by atoms with E-state index in [1.165, 1.54) is 4.90 Å². The van der Waals surface area contributed by atoms with Crippen molar-refractivity contribution in [1.29, 1.82) is 0 Å². The summed E-state index contributed by atoms with van der Waals surface area (Å²) < 4.78 is 34.0. The Balaban J connectivity index is 1.61. The zero-order chi connectivity index (χ0) is 21.9. The third-order valence-electron chi connectivity index (χ3n) is 5.50. The second-order valence-corrected chi connectivity index (χ2v) is 8.17. The predicted octanol–water partition coefficient (Wildman–Crippen LogP) is 3.79. The summed E-state index contributed by atoms with van der Waals surface area (Å²) in [6.07, 6.45) is 0. The topological polar surface area (TPSA) is 91.1 Å². The SMILES string of the molecule is CN(C(=O)c1cc2nc(Br)ccc2[nH]1)C1COCc2[nH]c(=O)c3cc(F)c(F)cc3c21. The number of benzene rings is 1. The highest BCUT2D eigenvalue weighted by Crippen LogP contribution is 2.34. The van der Waals surface area contributed by atoms with Crippen LogP contribution in [0.3, 0.4) is 0 Å². The average Bonchev–Trinajstić information content (AvgIpc) is 3.17. The van der Waals surface area contributed by atoms with E-state index >= 15 is 0 Å². The summed E-state index contributed by atoms with van der Waals surface area (Å²) in [5.41, 5.74) is 2.07.